The van der Waals surface area contributed by atoms with Crippen LogP contribution in [-0.2, 0) is 0 Å². The van der Waals surface area contributed by atoms with Gasteiger partial charge in [0.15, 0.2) is 0 Å². The summed E-state index contributed by atoms with van der Waals surface area (Å²) in [7, 11) is 0. The maximum atomic E-state index is 10.7. The standard InChI is InChI=1S/C17H32O/c1-4-13-6-5-7-15(12-13)16(18)14-8-10-17(2,3)11-9-14/h13-16,18H,4-12H2,1-3H3. The Morgan fingerprint density at radius 2 is 1.72 bits per heavy atom. The van der Waals surface area contributed by atoms with E-state index in [4.69, 9.17) is 0 Å². The first-order valence-corrected chi connectivity index (χ1v) is 8.20. The topological polar surface area (TPSA) is 20.2 Å². The van der Waals surface area contributed by atoms with E-state index in [0.717, 1.165) is 5.92 Å². The lowest BCUT2D eigenvalue weighted by molar-refractivity contribution is -0.00495. The SMILES string of the molecule is CCC1CCCC(C(O)C2CCC(C)(C)CC2)C1. The average molecular weight is 252 g/mol. The van der Waals surface area contributed by atoms with Crippen LogP contribution < -0.4 is 0 Å². The predicted molar refractivity (Wildman–Crippen MR) is 77.5 cm³/mol. The lowest BCUT2D eigenvalue weighted by atomic mass is 9.67. The summed E-state index contributed by atoms with van der Waals surface area (Å²) in [4.78, 5) is 0. The molecule has 3 unspecified atom stereocenters. The van der Waals surface area contributed by atoms with Crippen LogP contribution in [0, 0.1) is 23.2 Å². The van der Waals surface area contributed by atoms with Crippen molar-refractivity contribution in [1.29, 1.82) is 0 Å². The van der Waals surface area contributed by atoms with Crippen LogP contribution >= 0.6 is 0 Å². The van der Waals surface area contributed by atoms with E-state index in [1.807, 2.05) is 0 Å². The Kier molecular flexibility index (Phi) is 4.75. The van der Waals surface area contributed by atoms with Crippen molar-refractivity contribution in [1.82, 2.24) is 0 Å². The zero-order valence-electron chi connectivity index (χ0n) is 12.6. The zero-order valence-corrected chi connectivity index (χ0v) is 12.6. The second kappa shape index (κ2) is 5.94. The molecule has 0 heterocycles. The molecule has 0 aromatic rings. The molecule has 0 bridgehead atoms. The highest BCUT2D eigenvalue weighted by Gasteiger charge is 2.35. The van der Waals surface area contributed by atoms with Crippen LogP contribution in [0.5, 0.6) is 0 Å². The van der Waals surface area contributed by atoms with Crippen LogP contribution in [0.2, 0.25) is 0 Å². The fraction of sp³-hybridized carbons (Fsp3) is 1.00. The van der Waals surface area contributed by atoms with Crippen LogP contribution in [0.3, 0.4) is 0 Å². The highest BCUT2D eigenvalue weighted by molar-refractivity contribution is 4.87. The van der Waals surface area contributed by atoms with Crippen molar-refractivity contribution in [3.63, 3.8) is 0 Å². The molecular weight excluding hydrogens is 220 g/mol. The summed E-state index contributed by atoms with van der Waals surface area (Å²) in [6.07, 6.45) is 11.7. The Morgan fingerprint density at radius 1 is 1.06 bits per heavy atom. The molecule has 0 aliphatic heterocycles. The molecule has 0 aromatic carbocycles. The maximum absolute atomic E-state index is 10.7. The molecule has 0 saturated heterocycles. The molecule has 2 aliphatic carbocycles. The minimum Gasteiger partial charge on any atom is -0.393 e. The molecule has 0 aromatic heterocycles. The predicted octanol–water partition coefficient (Wildman–Crippen LogP) is 4.78. The van der Waals surface area contributed by atoms with Gasteiger partial charge in [0.2, 0.25) is 0 Å². The molecule has 1 N–H and O–H groups in total. The van der Waals surface area contributed by atoms with Crippen LogP contribution in [0.15, 0.2) is 0 Å². The first kappa shape index (κ1) is 14.4. The van der Waals surface area contributed by atoms with E-state index >= 15 is 0 Å². The van der Waals surface area contributed by atoms with E-state index in [-0.39, 0.29) is 6.10 Å². The van der Waals surface area contributed by atoms with E-state index in [2.05, 4.69) is 20.8 Å². The van der Waals surface area contributed by atoms with Crippen molar-refractivity contribution in [3.8, 4) is 0 Å². The van der Waals surface area contributed by atoms with Gasteiger partial charge < -0.3 is 5.11 Å². The number of aliphatic hydroxyl groups excluding tert-OH is 1. The Morgan fingerprint density at radius 3 is 2.33 bits per heavy atom. The quantitative estimate of drug-likeness (QED) is 0.766. The summed E-state index contributed by atoms with van der Waals surface area (Å²) < 4.78 is 0. The second-order valence-corrected chi connectivity index (χ2v) is 7.69. The first-order chi connectivity index (χ1) is 8.52. The van der Waals surface area contributed by atoms with E-state index in [1.54, 1.807) is 0 Å². The Balaban J connectivity index is 1.85. The lowest BCUT2D eigenvalue weighted by Crippen LogP contribution is -2.36. The third kappa shape index (κ3) is 3.50. The minimum absolute atomic E-state index is 0.00421. The molecule has 1 heteroatoms. The van der Waals surface area contributed by atoms with Crippen molar-refractivity contribution in [2.75, 3.05) is 0 Å². The monoisotopic (exact) mass is 252 g/mol. The molecule has 2 rings (SSSR count). The average Bonchev–Trinajstić information content (AvgIpc) is 2.38. The van der Waals surface area contributed by atoms with Crippen molar-refractivity contribution in [2.45, 2.75) is 84.7 Å². The van der Waals surface area contributed by atoms with Crippen molar-refractivity contribution >= 4 is 0 Å². The first-order valence-electron chi connectivity index (χ1n) is 8.20. The largest absolute Gasteiger partial charge is 0.393 e. The van der Waals surface area contributed by atoms with Crippen LogP contribution in [0.4, 0.5) is 0 Å². The summed E-state index contributed by atoms with van der Waals surface area (Å²) >= 11 is 0. The van der Waals surface area contributed by atoms with Gasteiger partial charge in [-0.2, -0.15) is 0 Å². The van der Waals surface area contributed by atoms with Gasteiger partial charge in [-0.3, -0.25) is 0 Å². The summed E-state index contributed by atoms with van der Waals surface area (Å²) in [6.45, 7) is 7.06. The van der Waals surface area contributed by atoms with E-state index < -0.39 is 0 Å². The molecule has 3 atom stereocenters. The van der Waals surface area contributed by atoms with E-state index in [0.29, 0.717) is 17.3 Å². The molecule has 0 radical (unpaired) electrons. The van der Waals surface area contributed by atoms with Gasteiger partial charge in [-0.05, 0) is 61.7 Å². The highest BCUT2D eigenvalue weighted by Crippen LogP contribution is 2.43. The number of hydrogen-bond donors (Lipinski definition) is 1. The fourth-order valence-electron chi connectivity index (χ4n) is 4.16. The van der Waals surface area contributed by atoms with E-state index in [9.17, 15) is 5.11 Å². The molecule has 2 saturated carbocycles. The Labute approximate surface area is 113 Å². The Bertz CT molecular complexity index is 248. The van der Waals surface area contributed by atoms with Gasteiger partial charge >= 0.3 is 0 Å². The summed E-state index contributed by atoms with van der Waals surface area (Å²) in [6, 6.07) is 0. The van der Waals surface area contributed by atoms with Crippen molar-refractivity contribution in [3.05, 3.63) is 0 Å². The molecule has 0 spiro atoms. The van der Waals surface area contributed by atoms with Gasteiger partial charge in [0.05, 0.1) is 6.10 Å². The van der Waals surface area contributed by atoms with Gasteiger partial charge in [0, 0.05) is 0 Å². The second-order valence-electron chi connectivity index (χ2n) is 7.69. The molecule has 0 amide bonds. The summed E-state index contributed by atoms with van der Waals surface area (Å²) in [5.74, 6) is 2.09. The van der Waals surface area contributed by atoms with Gasteiger partial charge in [-0.15, -0.1) is 0 Å². The van der Waals surface area contributed by atoms with Crippen LogP contribution in [0.1, 0.15) is 78.6 Å². The van der Waals surface area contributed by atoms with Gasteiger partial charge in [-0.1, -0.05) is 40.0 Å². The third-order valence-corrected chi connectivity index (χ3v) is 5.75. The normalized spacial score (nSPS) is 35.3. The molecular formula is C17H32O. The number of aliphatic hydroxyl groups is 1. The summed E-state index contributed by atoms with van der Waals surface area (Å²) in [5.41, 5.74) is 0.523. The minimum atomic E-state index is -0.00421. The van der Waals surface area contributed by atoms with Gasteiger partial charge in [0.25, 0.3) is 0 Å². The smallest absolute Gasteiger partial charge is 0.0596 e. The van der Waals surface area contributed by atoms with Gasteiger partial charge in [0.1, 0.15) is 0 Å². The Hall–Kier alpha value is -0.0400. The van der Waals surface area contributed by atoms with Crippen LogP contribution in [-0.4, -0.2) is 11.2 Å². The van der Waals surface area contributed by atoms with Gasteiger partial charge in [-0.25, -0.2) is 0 Å². The molecule has 2 aliphatic rings. The molecule has 2 fully saturated rings. The zero-order chi connectivity index (χ0) is 13.2. The van der Waals surface area contributed by atoms with Crippen LogP contribution in [0.25, 0.3) is 0 Å². The summed E-state index contributed by atoms with van der Waals surface area (Å²) in [5, 5.41) is 10.7. The number of rotatable bonds is 3. The lowest BCUT2D eigenvalue weighted by Gasteiger charge is -2.40. The molecule has 106 valence electrons. The number of hydrogen-bond acceptors (Lipinski definition) is 1. The highest BCUT2D eigenvalue weighted by atomic mass is 16.3. The van der Waals surface area contributed by atoms with E-state index in [1.165, 1.54) is 57.8 Å². The third-order valence-electron chi connectivity index (χ3n) is 5.75. The molecule has 1 nitrogen and oxygen atoms in total. The van der Waals surface area contributed by atoms with Crippen molar-refractivity contribution < 1.29 is 5.11 Å². The van der Waals surface area contributed by atoms with Crippen molar-refractivity contribution in [2.24, 2.45) is 23.2 Å². The molecule has 18 heavy (non-hydrogen) atoms. The maximum Gasteiger partial charge on any atom is 0.0596 e. The fourth-order valence-corrected chi connectivity index (χ4v) is 4.16.